The summed E-state index contributed by atoms with van der Waals surface area (Å²) in [4.78, 5) is 24.8. The molecule has 1 heterocycles. The van der Waals surface area contributed by atoms with Gasteiger partial charge in [0.1, 0.15) is 11.4 Å². The molecule has 0 saturated carbocycles. The second kappa shape index (κ2) is 8.23. The van der Waals surface area contributed by atoms with E-state index in [2.05, 4.69) is 10.5 Å². The maximum absolute atomic E-state index is 13.1. The Morgan fingerprint density at radius 2 is 1.93 bits per heavy atom. The fourth-order valence-corrected chi connectivity index (χ4v) is 2.54. The van der Waals surface area contributed by atoms with Crippen molar-refractivity contribution >= 4 is 12.1 Å². The minimum atomic E-state index is -0.620. The van der Waals surface area contributed by atoms with Crippen molar-refractivity contribution in [1.82, 2.24) is 9.99 Å². The van der Waals surface area contributed by atoms with E-state index < -0.39 is 17.3 Å². The van der Waals surface area contributed by atoms with Crippen LogP contribution in [0.5, 0.6) is 0 Å². The Labute approximate surface area is 155 Å². The molecule has 0 spiro atoms. The fraction of sp³-hybridized carbons (Fsp3) is 0.0952. The van der Waals surface area contributed by atoms with Gasteiger partial charge in [0, 0.05) is 6.20 Å². The van der Waals surface area contributed by atoms with E-state index >= 15 is 0 Å². The summed E-state index contributed by atoms with van der Waals surface area (Å²) >= 11 is 0. The van der Waals surface area contributed by atoms with Crippen molar-refractivity contribution < 1.29 is 9.18 Å². The van der Waals surface area contributed by atoms with Gasteiger partial charge < -0.3 is 4.57 Å². The van der Waals surface area contributed by atoms with Crippen LogP contribution in [-0.4, -0.2) is 16.7 Å². The molecule has 27 heavy (non-hydrogen) atoms. The molecule has 0 saturated heterocycles. The van der Waals surface area contributed by atoms with Crippen LogP contribution in [0, 0.1) is 12.7 Å². The summed E-state index contributed by atoms with van der Waals surface area (Å²) in [6.45, 7) is 2.36. The lowest BCUT2D eigenvalue weighted by atomic mass is 10.1. The van der Waals surface area contributed by atoms with Crippen LogP contribution in [0.15, 0.2) is 76.8 Å². The van der Waals surface area contributed by atoms with Crippen molar-refractivity contribution in [3.63, 3.8) is 0 Å². The lowest BCUT2D eigenvalue weighted by molar-refractivity contribution is 0.0953. The number of hydrogen-bond donors (Lipinski definition) is 1. The normalized spacial score (nSPS) is 10.9. The lowest BCUT2D eigenvalue weighted by Gasteiger charge is -2.08. The van der Waals surface area contributed by atoms with Crippen molar-refractivity contribution in [3.05, 3.63) is 105 Å². The van der Waals surface area contributed by atoms with Gasteiger partial charge in [-0.25, -0.2) is 9.82 Å². The number of halogens is 1. The number of nitrogens with one attached hydrogen (secondary N) is 1. The van der Waals surface area contributed by atoms with Crippen LogP contribution in [0.2, 0.25) is 0 Å². The van der Waals surface area contributed by atoms with Gasteiger partial charge in [-0.15, -0.1) is 0 Å². The summed E-state index contributed by atoms with van der Waals surface area (Å²) in [5.41, 5.74) is 4.48. The van der Waals surface area contributed by atoms with E-state index in [-0.39, 0.29) is 5.56 Å². The van der Waals surface area contributed by atoms with Crippen LogP contribution in [0.25, 0.3) is 0 Å². The highest BCUT2D eigenvalue weighted by atomic mass is 19.1. The Balaban J connectivity index is 1.73. The number of nitrogens with zero attached hydrogens (tertiary/aromatic N) is 2. The number of amides is 1. The molecule has 1 N–H and O–H groups in total. The van der Waals surface area contributed by atoms with Crippen LogP contribution < -0.4 is 11.0 Å². The fourth-order valence-electron chi connectivity index (χ4n) is 2.54. The van der Waals surface area contributed by atoms with Crippen molar-refractivity contribution in [1.29, 1.82) is 0 Å². The Kier molecular flexibility index (Phi) is 5.56. The minimum absolute atomic E-state index is 0.0130. The third-order valence-electron chi connectivity index (χ3n) is 3.97. The van der Waals surface area contributed by atoms with Gasteiger partial charge in [0.25, 0.3) is 11.5 Å². The third kappa shape index (κ3) is 4.76. The lowest BCUT2D eigenvalue weighted by Crippen LogP contribution is -2.30. The van der Waals surface area contributed by atoms with Crippen LogP contribution >= 0.6 is 0 Å². The number of carbonyl (C=O) groups excluding carboxylic acids is 1. The monoisotopic (exact) mass is 363 g/mol. The molecule has 2 aromatic carbocycles. The third-order valence-corrected chi connectivity index (χ3v) is 3.97. The largest absolute Gasteiger partial charge is 0.310 e. The van der Waals surface area contributed by atoms with Gasteiger partial charge >= 0.3 is 0 Å². The van der Waals surface area contributed by atoms with E-state index in [4.69, 9.17) is 0 Å². The van der Waals surface area contributed by atoms with E-state index in [1.807, 2.05) is 31.2 Å². The Morgan fingerprint density at radius 1 is 1.15 bits per heavy atom. The molecule has 3 aromatic rings. The first-order chi connectivity index (χ1) is 13.0. The molecule has 5 nitrogen and oxygen atoms in total. The molecule has 0 radical (unpaired) electrons. The number of carbonyl (C=O) groups is 1. The summed E-state index contributed by atoms with van der Waals surface area (Å²) < 4.78 is 14.6. The number of pyridine rings is 1. The number of hydrazone groups is 1. The quantitative estimate of drug-likeness (QED) is 0.559. The van der Waals surface area contributed by atoms with E-state index in [0.29, 0.717) is 12.1 Å². The van der Waals surface area contributed by atoms with Crippen LogP contribution in [0.4, 0.5) is 4.39 Å². The van der Waals surface area contributed by atoms with E-state index in [0.717, 1.165) is 11.1 Å². The number of rotatable bonds is 5. The molecule has 0 aliphatic heterocycles. The Bertz CT molecular complexity index is 1040. The standard InChI is InChI=1S/C21H18FN3O2/c1-15-7-9-16(10-8-15)14-25-11-3-6-19(21(25)27)20(26)24-23-13-17-4-2-5-18(22)12-17/h2-13H,14H2,1H3,(H,24,26)/b23-13-. The van der Waals surface area contributed by atoms with Gasteiger partial charge in [-0.1, -0.05) is 42.0 Å². The molecule has 0 aliphatic carbocycles. The Morgan fingerprint density at radius 3 is 2.67 bits per heavy atom. The van der Waals surface area contributed by atoms with Crippen molar-refractivity contribution in [2.75, 3.05) is 0 Å². The van der Waals surface area contributed by atoms with Crippen LogP contribution in [0.3, 0.4) is 0 Å². The van der Waals surface area contributed by atoms with Gasteiger partial charge in [0.05, 0.1) is 12.8 Å². The molecule has 0 atom stereocenters. The van der Waals surface area contributed by atoms with Gasteiger partial charge in [-0.05, 0) is 42.3 Å². The first kappa shape index (κ1) is 18.3. The molecule has 1 amide bonds. The molecule has 0 bridgehead atoms. The molecule has 0 unspecified atom stereocenters. The first-order valence-electron chi connectivity index (χ1n) is 8.37. The van der Waals surface area contributed by atoms with Crippen LogP contribution in [0.1, 0.15) is 27.0 Å². The zero-order chi connectivity index (χ0) is 19.2. The average molecular weight is 363 g/mol. The number of aryl methyl sites for hydroxylation is 1. The van der Waals surface area contributed by atoms with E-state index in [9.17, 15) is 14.0 Å². The summed E-state index contributed by atoms with van der Waals surface area (Å²) in [5.74, 6) is -1.02. The van der Waals surface area contributed by atoms with Crippen molar-refractivity contribution in [3.8, 4) is 0 Å². The summed E-state index contributed by atoms with van der Waals surface area (Å²) in [6.07, 6.45) is 2.95. The Hall–Kier alpha value is -3.54. The van der Waals surface area contributed by atoms with Crippen molar-refractivity contribution in [2.24, 2.45) is 5.10 Å². The molecule has 6 heteroatoms. The van der Waals surface area contributed by atoms with Crippen molar-refractivity contribution in [2.45, 2.75) is 13.5 Å². The highest BCUT2D eigenvalue weighted by Gasteiger charge is 2.11. The average Bonchev–Trinajstić information content (AvgIpc) is 2.65. The SMILES string of the molecule is Cc1ccc(Cn2cccc(C(=O)N/N=C\c3cccc(F)c3)c2=O)cc1. The number of aromatic nitrogens is 1. The van der Waals surface area contributed by atoms with E-state index in [1.165, 1.54) is 29.0 Å². The molecule has 1 aromatic heterocycles. The van der Waals surface area contributed by atoms with Gasteiger partial charge in [-0.2, -0.15) is 5.10 Å². The molecular formula is C21H18FN3O2. The second-order valence-corrected chi connectivity index (χ2v) is 6.09. The molecule has 0 aliphatic rings. The molecule has 3 rings (SSSR count). The highest BCUT2D eigenvalue weighted by Crippen LogP contribution is 2.05. The van der Waals surface area contributed by atoms with E-state index in [1.54, 1.807) is 24.4 Å². The number of hydrogen-bond acceptors (Lipinski definition) is 3. The van der Waals surface area contributed by atoms with Gasteiger partial charge in [0.15, 0.2) is 0 Å². The maximum atomic E-state index is 13.1. The van der Waals surface area contributed by atoms with Gasteiger partial charge in [-0.3, -0.25) is 9.59 Å². The summed E-state index contributed by atoms with van der Waals surface area (Å²) in [6, 6.07) is 16.7. The molecule has 0 fully saturated rings. The second-order valence-electron chi connectivity index (χ2n) is 6.09. The number of benzene rings is 2. The summed E-state index contributed by atoms with van der Waals surface area (Å²) in [7, 11) is 0. The maximum Gasteiger partial charge on any atom is 0.276 e. The highest BCUT2D eigenvalue weighted by molar-refractivity contribution is 5.94. The minimum Gasteiger partial charge on any atom is -0.310 e. The molecular weight excluding hydrogens is 345 g/mol. The first-order valence-corrected chi connectivity index (χ1v) is 8.37. The topological polar surface area (TPSA) is 63.5 Å². The zero-order valence-corrected chi connectivity index (χ0v) is 14.7. The van der Waals surface area contributed by atoms with Crippen LogP contribution in [-0.2, 0) is 6.54 Å². The predicted octanol–water partition coefficient (Wildman–Crippen LogP) is 3.11. The van der Waals surface area contributed by atoms with Gasteiger partial charge in [0.2, 0.25) is 0 Å². The molecule has 136 valence electrons. The predicted molar refractivity (Wildman–Crippen MR) is 102 cm³/mol. The summed E-state index contributed by atoms with van der Waals surface area (Å²) in [5, 5.41) is 3.78. The smallest absolute Gasteiger partial charge is 0.276 e. The zero-order valence-electron chi connectivity index (χ0n) is 14.7.